The lowest BCUT2D eigenvalue weighted by Crippen LogP contribution is -2.35. The van der Waals surface area contributed by atoms with Gasteiger partial charge in [0.1, 0.15) is 0 Å². The van der Waals surface area contributed by atoms with Gasteiger partial charge in [-0.3, -0.25) is 4.79 Å². The highest BCUT2D eigenvalue weighted by Crippen LogP contribution is 2.31. The lowest BCUT2D eigenvalue weighted by molar-refractivity contribution is -0.127. The molecule has 0 aromatic carbocycles. The van der Waals surface area contributed by atoms with E-state index in [0.717, 1.165) is 25.8 Å². The van der Waals surface area contributed by atoms with Crippen LogP contribution in [0.1, 0.15) is 17.7 Å². The third kappa shape index (κ3) is 3.93. The van der Waals surface area contributed by atoms with Crippen LogP contribution < -0.4 is 5.32 Å². The summed E-state index contributed by atoms with van der Waals surface area (Å²) >= 11 is 3.58. The van der Waals surface area contributed by atoms with Crippen LogP contribution in [0.15, 0.2) is 29.6 Å². The van der Waals surface area contributed by atoms with Crippen LogP contribution in [0.3, 0.4) is 0 Å². The fraction of sp³-hybridized carbons (Fsp3) is 0.438. The Morgan fingerprint density at radius 2 is 2.10 bits per heavy atom. The minimum Gasteiger partial charge on any atom is -0.381 e. The molecule has 1 N–H and O–H groups in total. The summed E-state index contributed by atoms with van der Waals surface area (Å²) in [5.41, 5.74) is 0. The lowest BCUT2D eigenvalue weighted by atomic mass is 9.99. The molecule has 0 saturated carbocycles. The van der Waals surface area contributed by atoms with Crippen molar-refractivity contribution < 1.29 is 9.53 Å². The molecule has 3 nitrogen and oxygen atoms in total. The number of amides is 1. The van der Waals surface area contributed by atoms with Crippen LogP contribution >= 0.6 is 22.7 Å². The first-order valence-electron chi connectivity index (χ1n) is 7.31. The first-order chi connectivity index (χ1) is 10.3. The quantitative estimate of drug-likeness (QED) is 0.914. The molecule has 0 spiro atoms. The minimum absolute atomic E-state index is 0.142. The van der Waals surface area contributed by atoms with Crippen molar-refractivity contribution in [3.05, 3.63) is 34.5 Å². The maximum atomic E-state index is 12.0. The van der Waals surface area contributed by atoms with Gasteiger partial charge in [-0.05, 0) is 42.8 Å². The molecule has 0 atom stereocenters. The largest absolute Gasteiger partial charge is 0.381 e. The normalized spacial score (nSPS) is 16.0. The Morgan fingerprint density at radius 3 is 2.86 bits per heavy atom. The second-order valence-corrected chi connectivity index (χ2v) is 7.29. The van der Waals surface area contributed by atoms with Crippen LogP contribution in [-0.4, -0.2) is 25.7 Å². The molecule has 0 bridgehead atoms. The molecule has 2 aromatic rings. The smallest absolute Gasteiger partial charge is 0.223 e. The van der Waals surface area contributed by atoms with Crippen molar-refractivity contribution in [2.24, 2.45) is 5.92 Å². The number of carbonyl (C=O) groups excluding carboxylic acids is 1. The van der Waals surface area contributed by atoms with Gasteiger partial charge < -0.3 is 10.1 Å². The van der Waals surface area contributed by atoms with Gasteiger partial charge in [0.15, 0.2) is 0 Å². The molecule has 1 fully saturated rings. The number of ether oxygens (including phenoxy) is 1. The van der Waals surface area contributed by atoms with Gasteiger partial charge in [0.25, 0.3) is 0 Å². The van der Waals surface area contributed by atoms with E-state index in [2.05, 4.69) is 35.0 Å². The van der Waals surface area contributed by atoms with E-state index in [0.29, 0.717) is 13.2 Å². The van der Waals surface area contributed by atoms with Crippen molar-refractivity contribution in [3.63, 3.8) is 0 Å². The van der Waals surface area contributed by atoms with Gasteiger partial charge in [0.05, 0.1) is 0 Å². The molecule has 3 rings (SSSR count). The molecular weight excluding hydrogens is 302 g/mol. The second-order valence-electron chi connectivity index (χ2n) is 5.17. The minimum atomic E-state index is 0.142. The van der Waals surface area contributed by atoms with Crippen LogP contribution in [0.25, 0.3) is 9.75 Å². The zero-order valence-corrected chi connectivity index (χ0v) is 13.5. The van der Waals surface area contributed by atoms with Crippen molar-refractivity contribution in [2.45, 2.75) is 19.3 Å². The maximum absolute atomic E-state index is 12.0. The van der Waals surface area contributed by atoms with Crippen molar-refractivity contribution in [3.8, 4) is 9.75 Å². The molecule has 1 saturated heterocycles. The van der Waals surface area contributed by atoms with E-state index in [4.69, 9.17) is 4.74 Å². The van der Waals surface area contributed by atoms with E-state index in [-0.39, 0.29) is 11.8 Å². The van der Waals surface area contributed by atoms with E-state index in [1.165, 1.54) is 14.6 Å². The molecule has 1 aliphatic heterocycles. The van der Waals surface area contributed by atoms with Gasteiger partial charge >= 0.3 is 0 Å². The summed E-state index contributed by atoms with van der Waals surface area (Å²) in [5.74, 6) is 0.331. The number of hydrogen-bond donors (Lipinski definition) is 1. The SMILES string of the molecule is O=C(NCCc1ccc(-c2cccs2)s1)C1CCOCC1. The van der Waals surface area contributed by atoms with E-state index >= 15 is 0 Å². The molecule has 0 aliphatic carbocycles. The summed E-state index contributed by atoms with van der Waals surface area (Å²) in [4.78, 5) is 16.0. The van der Waals surface area contributed by atoms with Crippen molar-refractivity contribution in [1.82, 2.24) is 5.32 Å². The Hall–Kier alpha value is -1.17. The molecular formula is C16H19NO2S2. The van der Waals surface area contributed by atoms with Gasteiger partial charge in [-0.15, -0.1) is 22.7 Å². The summed E-state index contributed by atoms with van der Waals surface area (Å²) in [7, 11) is 0. The van der Waals surface area contributed by atoms with Crippen LogP contribution in [0.2, 0.25) is 0 Å². The van der Waals surface area contributed by atoms with Crippen LogP contribution in [0.4, 0.5) is 0 Å². The van der Waals surface area contributed by atoms with Crippen LogP contribution in [0.5, 0.6) is 0 Å². The van der Waals surface area contributed by atoms with Gasteiger partial charge in [-0.2, -0.15) is 0 Å². The lowest BCUT2D eigenvalue weighted by Gasteiger charge is -2.21. The Bertz CT molecular complexity index is 571. The molecule has 5 heteroatoms. The van der Waals surface area contributed by atoms with Gasteiger partial charge in [0, 0.05) is 40.3 Å². The maximum Gasteiger partial charge on any atom is 0.223 e. The molecule has 21 heavy (non-hydrogen) atoms. The summed E-state index contributed by atoms with van der Waals surface area (Å²) in [5, 5.41) is 5.16. The molecule has 1 amide bonds. The first kappa shape index (κ1) is 14.8. The number of hydrogen-bond acceptors (Lipinski definition) is 4. The van der Waals surface area contributed by atoms with E-state index in [9.17, 15) is 4.79 Å². The third-order valence-corrected chi connectivity index (χ3v) is 5.90. The van der Waals surface area contributed by atoms with E-state index in [1.54, 1.807) is 11.3 Å². The summed E-state index contributed by atoms with van der Waals surface area (Å²) in [6, 6.07) is 8.56. The predicted molar refractivity (Wildman–Crippen MR) is 87.9 cm³/mol. The third-order valence-electron chi connectivity index (χ3n) is 3.69. The zero-order valence-electron chi connectivity index (χ0n) is 11.8. The second kappa shape index (κ2) is 7.20. The molecule has 0 unspecified atom stereocenters. The zero-order chi connectivity index (χ0) is 14.5. The Morgan fingerprint density at radius 1 is 1.24 bits per heavy atom. The Kier molecular flexibility index (Phi) is 5.06. The average molecular weight is 321 g/mol. The Balaban J connectivity index is 1.46. The van der Waals surface area contributed by atoms with E-state index in [1.807, 2.05) is 11.3 Å². The number of carbonyl (C=O) groups is 1. The molecule has 2 aromatic heterocycles. The predicted octanol–water partition coefficient (Wildman–Crippen LogP) is 3.56. The topological polar surface area (TPSA) is 38.3 Å². The number of thiophene rings is 2. The van der Waals surface area contributed by atoms with Gasteiger partial charge in [-0.1, -0.05) is 6.07 Å². The first-order valence-corrected chi connectivity index (χ1v) is 9.00. The van der Waals surface area contributed by atoms with Crippen molar-refractivity contribution in [2.75, 3.05) is 19.8 Å². The Labute approximate surface area is 133 Å². The molecule has 112 valence electrons. The highest BCUT2D eigenvalue weighted by molar-refractivity contribution is 7.21. The van der Waals surface area contributed by atoms with E-state index < -0.39 is 0 Å². The summed E-state index contributed by atoms with van der Waals surface area (Å²) in [6.07, 6.45) is 2.62. The number of rotatable bonds is 5. The molecule has 3 heterocycles. The highest BCUT2D eigenvalue weighted by Gasteiger charge is 2.20. The molecule has 1 aliphatic rings. The van der Waals surface area contributed by atoms with Crippen molar-refractivity contribution in [1.29, 1.82) is 0 Å². The van der Waals surface area contributed by atoms with Gasteiger partial charge in [-0.25, -0.2) is 0 Å². The summed E-state index contributed by atoms with van der Waals surface area (Å²) in [6.45, 7) is 2.15. The highest BCUT2D eigenvalue weighted by atomic mass is 32.1. The fourth-order valence-electron chi connectivity index (χ4n) is 2.48. The average Bonchev–Trinajstić information content (AvgIpc) is 3.19. The number of nitrogens with one attached hydrogen (secondary N) is 1. The van der Waals surface area contributed by atoms with Gasteiger partial charge in [0.2, 0.25) is 5.91 Å². The molecule has 0 radical (unpaired) electrons. The summed E-state index contributed by atoms with van der Waals surface area (Å²) < 4.78 is 5.28. The standard InChI is InChI=1S/C16H19NO2S2/c18-16(12-6-9-19-10-7-12)17-8-5-13-3-4-15(21-13)14-2-1-11-20-14/h1-4,11-12H,5-10H2,(H,17,18). The van der Waals surface area contributed by atoms with Crippen LogP contribution in [-0.2, 0) is 16.0 Å². The van der Waals surface area contributed by atoms with Crippen molar-refractivity contribution >= 4 is 28.6 Å². The van der Waals surface area contributed by atoms with Crippen LogP contribution in [0, 0.1) is 5.92 Å². The monoisotopic (exact) mass is 321 g/mol. The fourth-order valence-corrected chi connectivity index (χ4v) is 4.32.